The first-order chi connectivity index (χ1) is 10.2. The van der Waals surface area contributed by atoms with Crippen LogP contribution in [0.3, 0.4) is 0 Å². The van der Waals surface area contributed by atoms with Gasteiger partial charge in [-0.25, -0.2) is 0 Å². The van der Waals surface area contributed by atoms with Crippen LogP contribution in [-0.4, -0.2) is 36.0 Å². The smallest absolute Gasteiger partial charge is 0.326 e. The first kappa shape index (κ1) is 14.7. The van der Waals surface area contributed by atoms with Crippen LogP contribution >= 0.6 is 0 Å². The molecule has 0 aromatic heterocycles. The van der Waals surface area contributed by atoms with Gasteiger partial charge in [-0.05, 0) is 24.6 Å². The summed E-state index contributed by atoms with van der Waals surface area (Å²) in [5, 5.41) is 6.54. The number of ether oxygens (including phenoxy) is 1. The van der Waals surface area contributed by atoms with E-state index in [-0.39, 0.29) is 19.6 Å². The second-order valence-electron chi connectivity index (χ2n) is 4.38. The lowest BCUT2D eigenvalue weighted by Crippen LogP contribution is -2.45. The number of rotatable bonds is 4. The summed E-state index contributed by atoms with van der Waals surface area (Å²) in [6.07, 6.45) is 7.24. The van der Waals surface area contributed by atoms with Crippen molar-refractivity contribution in [2.75, 3.05) is 13.2 Å². The van der Waals surface area contributed by atoms with E-state index in [4.69, 9.17) is 10.3 Å². The number of nitrogens with one attached hydrogen (secondary N) is 1. The molecule has 0 saturated carbocycles. The normalized spacial score (nSPS) is 20.3. The minimum absolute atomic E-state index is 0.213. The Morgan fingerprint density at radius 3 is 3.14 bits per heavy atom. The number of nitrogens with zero attached hydrogens (tertiary/aromatic N) is 4. The number of carbonyl (C=O) groups excluding carboxylic acids is 2. The van der Waals surface area contributed by atoms with E-state index >= 15 is 0 Å². The summed E-state index contributed by atoms with van der Waals surface area (Å²) in [6.45, 7) is 1.72. The van der Waals surface area contributed by atoms with Gasteiger partial charge in [0.1, 0.15) is 12.6 Å². The Labute approximate surface area is 121 Å². The summed E-state index contributed by atoms with van der Waals surface area (Å²) in [5.74, 6) is -0.919. The van der Waals surface area contributed by atoms with E-state index in [2.05, 4.69) is 15.3 Å². The third kappa shape index (κ3) is 3.24. The van der Waals surface area contributed by atoms with Gasteiger partial charge in [0.2, 0.25) is 5.91 Å². The van der Waals surface area contributed by atoms with Crippen molar-refractivity contribution in [2.24, 2.45) is 5.11 Å². The Hall–Kier alpha value is -2.73. The van der Waals surface area contributed by atoms with Gasteiger partial charge >= 0.3 is 5.97 Å². The molecule has 2 heterocycles. The molecular weight excluding hydrogens is 274 g/mol. The molecule has 1 N–H and O–H groups in total. The van der Waals surface area contributed by atoms with Gasteiger partial charge in [0.15, 0.2) is 0 Å². The number of azide groups is 1. The van der Waals surface area contributed by atoms with E-state index in [9.17, 15) is 9.59 Å². The van der Waals surface area contributed by atoms with Gasteiger partial charge in [-0.1, -0.05) is 11.2 Å². The number of amides is 1. The summed E-state index contributed by atoms with van der Waals surface area (Å²) in [6, 6.07) is -0.865. The van der Waals surface area contributed by atoms with Gasteiger partial charge in [-0.2, -0.15) is 0 Å². The summed E-state index contributed by atoms with van der Waals surface area (Å²) in [7, 11) is 0. The lowest BCUT2D eigenvalue weighted by molar-refractivity contribution is -0.148. The molecule has 1 amide bonds. The number of allylic oxidation sites excluding steroid dienone is 3. The van der Waals surface area contributed by atoms with Crippen LogP contribution in [0, 0.1) is 0 Å². The molecule has 2 rings (SSSR count). The minimum atomic E-state index is -0.865. The first-order valence-electron chi connectivity index (χ1n) is 6.51. The Morgan fingerprint density at radius 1 is 1.62 bits per heavy atom. The Bertz CT molecular complexity index is 587. The van der Waals surface area contributed by atoms with Crippen LogP contribution in [0.15, 0.2) is 40.9 Å². The highest BCUT2D eigenvalue weighted by Gasteiger charge is 2.34. The van der Waals surface area contributed by atoms with Crippen LogP contribution in [0.5, 0.6) is 0 Å². The molecule has 1 atom stereocenters. The molecule has 21 heavy (non-hydrogen) atoms. The quantitative estimate of drug-likeness (QED) is 0.364. The van der Waals surface area contributed by atoms with Crippen LogP contribution in [0.1, 0.15) is 13.3 Å². The fourth-order valence-electron chi connectivity index (χ4n) is 2.17. The van der Waals surface area contributed by atoms with Crippen molar-refractivity contribution >= 4 is 11.9 Å². The van der Waals surface area contributed by atoms with Crippen molar-refractivity contribution in [3.8, 4) is 0 Å². The molecule has 8 heteroatoms. The zero-order chi connectivity index (χ0) is 15.2. The van der Waals surface area contributed by atoms with Crippen LogP contribution in [-0.2, 0) is 14.3 Å². The van der Waals surface area contributed by atoms with Crippen molar-refractivity contribution in [1.82, 2.24) is 10.2 Å². The second-order valence-corrected chi connectivity index (χ2v) is 4.38. The van der Waals surface area contributed by atoms with Crippen LogP contribution in [0.2, 0.25) is 0 Å². The van der Waals surface area contributed by atoms with Crippen molar-refractivity contribution in [3.05, 3.63) is 46.3 Å². The average molecular weight is 289 g/mol. The van der Waals surface area contributed by atoms with Crippen LogP contribution in [0.25, 0.3) is 10.4 Å². The first-order valence-corrected chi connectivity index (χ1v) is 6.51. The molecule has 0 spiro atoms. The number of hydrogen-bond acceptors (Lipinski definition) is 5. The maximum absolute atomic E-state index is 12.4. The summed E-state index contributed by atoms with van der Waals surface area (Å²) < 4.78 is 4.88. The molecule has 1 unspecified atom stereocenters. The number of esters is 1. The highest BCUT2D eigenvalue weighted by molar-refractivity contribution is 5.89. The van der Waals surface area contributed by atoms with E-state index in [0.29, 0.717) is 5.70 Å². The fourth-order valence-corrected chi connectivity index (χ4v) is 2.17. The molecule has 0 aromatic carbocycles. The van der Waals surface area contributed by atoms with Gasteiger partial charge in [-0.15, -0.1) is 0 Å². The summed E-state index contributed by atoms with van der Waals surface area (Å²) in [4.78, 5) is 28.0. The topological polar surface area (TPSA) is 107 Å². The zero-order valence-electron chi connectivity index (χ0n) is 11.5. The van der Waals surface area contributed by atoms with Crippen LogP contribution < -0.4 is 5.32 Å². The van der Waals surface area contributed by atoms with Gasteiger partial charge in [0, 0.05) is 23.2 Å². The standard InChI is InChI=1S/C13H15N5O3/c1-2-21-12(19)8-18-11-5-3-4-6-15-9(11)7-10(13(18)20)16-17-14/h3-6,10,15H,2,7-8H2,1H3. The lowest BCUT2D eigenvalue weighted by Gasteiger charge is -2.32. The molecule has 0 saturated heterocycles. The lowest BCUT2D eigenvalue weighted by atomic mass is 10.0. The van der Waals surface area contributed by atoms with E-state index in [1.54, 1.807) is 31.4 Å². The Morgan fingerprint density at radius 2 is 2.43 bits per heavy atom. The van der Waals surface area contributed by atoms with Crippen molar-refractivity contribution in [2.45, 2.75) is 19.4 Å². The second kappa shape index (κ2) is 6.62. The molecule has 8 nitrogen and oxygen atoms in total. The third-order valence-corrected chi connectivity index (χ3v) is 3.05. The maximum atomic E-state index is 12.4. The molecule has 0 bridgehead atoms. The maximum Gasteiger partial charge on any atom is 0.326 e. The zero-order valence-corrected chi connectivity index (χ0v) is 11.5. The monoisotopic (exact) mass is 289 g/mol. The Balaban J connectivity index is 2.34. The predicted octanol–water partition coefficient (Wildman–Crippen LogP) is 1.35. The largest absolute Gasteiger partial charge is 0.465 e. The van der Waals surface area contributed by atoms with E-state index in [1.807, 2.05) is 0 Å². The molecule has 0 fully saturated rings. The molecular formula is C13H15N5O3. The van der Waals surface area contributed by atoms with Crippen molar-refractivity contribution < 1.29 is 14.3 Å². The highest BCUT2D eigenvalue weighted by Crippen LogP contribution is 2.26. The third-order valence-electron chi connectivity index (χ3n) is 3.05. The molecule has 2 aliphatic heterocycles. The average Bonchev–Trinajstić information content (AvgIpc) is 2.69. The summed E-state index contributed by atoms with van der Waals surface area (Å²) >= 11 is 0. The predicted molar refractivity (Wildman–Crippen MR) is 74.3 cm³/mol. The van der Waals surface area contributed by atoms with E-state index < -0.39 is 17.9 Å². The molecule has 110 valence electrons. The van der Waals surface area contributed by atoms with Crippen molar-refractivity contribution in [1.29, 1.82) is 0 Å². The van der Waals surface area contributed by atoms with Crippen LogP contribution in [0.4, 0.5) is 0 Å². The minimum Gasteiger partial charge on any atom is -0.465 e. The summed E-state index contributed by atoms with van der Waals surface area (Å²) in [5.41, 5.74) is 9.88. The van der Waals surface area contributed by atoms with E-state index in [1.165, 1.54) is 4.90 Å². The highest BCUT2D eigenvalue weighted by atomic mass is 16.5. The van der Waals surface area contributed by atoms with E-state index in [0.717, 1.165) is 5.70 Å². The molecule has 0 aliphatic carbocycles. The van der Waals surface area contributed by atoms with Gasteiger partial charge < -0.3 is 10.1 Å². The molecule has 0 aromatic rings. The number of hydrogen-bond donors (Lipinski definition) is 1. The number of carbonyl (C=O) groups is 2. The molecule has 0 radical (unpaired) electrons. The van der Waals surface area contributed by atoms with Gasteiger partial charge in [0.25, 0.3) is 0 Å². The van der Waals surface area contributed by atoms with Gasteiger partial charge in [-0.3, -0.25) is 14.5 Å². The molecule has 2 aliphatic rings. The SMILES string of the molecule is CCOC(=O)CN1C(=O)C(N=[N+]=[N-])CC2=C1C=CC=CN2. The van der Waals surface area contributed by atoms with Crippen molar-refractivity contribution in [3.63, 3.8) is 0 Å². The van der Waals surface area contributed by atoms with Gasteiger partial charge in [0.05, 0.1) is 12.3 Å². The fraction of sp³-hybridized carbons (Fsp3) is 0.385. The Kier molecular flexibility index (Phi) is 4.63.